The summed E-state index contributed by atoms with van der Waals surface area (Å²) < 4.78 is 0. The number of rotatable bonds is 3. The van der Waals surface area contributed by atoms with Crippen molar-refractivity contribution in [1.82, 2.24) is 0 Å². The molecule has 0 saturated heterocycles. The van der Waals surface area contributed by atoms with Gasteiger partial charge in [-0.3, -0.25) is 0 Å². The van der Waals surface area contributed by atoms with Crippen LogP contribution in [0.1, 0.15) is 18.4 Å². The fourth-order valence-corrected chi connectivity index (χ4v) is 1.75. The van der Waals surface area contributed by atoms with Crippen LogP contribution in [0.2, 0.25) is 0 Å². The highest BCUT2D eigenvalue weighted by Gasteiger charge is 2.20. The molecule has 0 atom stereocenters. The number of aryl methyl sites for hydroxylation is 1. The molecule has 1 saturated carbocycles. The summed E-state index contributed by atoms with van der Waals surface area (Å²) in [7, 11) is 4.07. The smallest absolute Gasteiger partial charge is 0.193 e. The SMILES string of the molecule is Cc1ccc(NC(N)=NC2CC2)cc1N(C)C. The molecule has 1 aliphatic carbocycles. The van der Waals surface area contributed by atoms with Crippen LogP contribution in [0.3, 0.4) is 0 Å². The van der Waals surface area contributed by atoms with Gasteiger partial charge in [-0.15, -0.1) is 0 Å². The highest BCUT2D eigenvalue weighted by Crippen LogP contribution is 2.24. The molecule has 92 valence electrons. The highest BCUT2D eigenvalue weighted by atomic mass is 15.1. The number of anilines is 2. The lowest BCUT2D eigenvalue weighted by atomic mass is 10.1. The molecular formula is C13H20N4. The minimum atomic E-state index is 0.446. The molecule has 0 radical (unpaired) electrons. The van der Waals surface area contributed by atoms with Crippen molar-refractivity contribution in [3.63, 3.8) is 0 Å². The number of aliphatic imine (C=N–C) groups is 1. The van der Waals surface area contributed by atoms with Gasteiger partial charge in [-0.05, 0) is 37.5 Å². The summed E-state index contributed by atoms with van der Waals surface area (Å²) in [5.74, 6) is 0.515. The summed E-state index contributed by atoms with van der Waals surface area (Å²) in [6.07, 6.45) is 2.33. The van der Waals surface area contributed by atoms with Crippen molar-refractivity contribution in [2.45, 2.75) is 25.8 Å². The maximum atomic E-state index is 5.84. The molecule has 0 aliphatic heterocycles. The first kappa shape index (κ1) is 11.8. The molecule has 1 aromatic rings. The Hall–Kier alpha value is -1.71. The molecule has 0 aromatic heterocycles. The maximum absolute atomic E-state index is 5.84. The fraction of sp³-hybridized carbons (Fsp3) is 0.462. The third kappa shape index (κ3) is 3.12. The Bertz CT molecular complexity index is 433. The quantitative estimate of drug-likeness (QED) is 0.618. The second kappa shape index (κ2) is 4.65. The molecule has 3 N–H and O–H groups in total. The van der Waals surface area contributed by atoms with Crippen molar-refractivity contribution in [1.29, 1.82) is 0 Å². The summed E-state index contributed by atoms with van der Waals surface area (Å²) in [4.78, 5) is 6.44. The Labute approximate surface area is 103 Å². The number of hydrogen-bond acceptors (Lipinski definition) is 2. The molecule has 17 heavy (non-hydrogen) atoms. The summed E-state index contributed by atoms with van der Waals surface area (Å²) >= 11 is 0. The fourth-order valence-electron chi connectivity index (χ4n) is 1.75. The standard InChI is InChI=1S/C13H20N4/c1-9-4-5-11(8-12(9)17(2)3)16-13(14)15-10-6-7-10/h4-5,8,10H,6-7H2,1-3H3,(H3,14,15,16). The third-order valence-corrected chi connectivity index (χ3v) is 2.83. The van der Waals surface area contributed by atoms with Crippen LogP contribution in [0.25, 0.3) is 0 Å². The van der Waals surface area contributed by atoms with E-state index in [0.717, 1.165) is 5.69 Å². The zero-order valence-corrected chi connectivity index (χ0v) is 10.7. The third-order valence-electron chi connectivity index (χ3n) is 2.83. The Morgan fingerprint density at radius 1 is 1.41 bits per heavy atom. The van der Waals surface area contributed by atoms with Gasteiger partial charge in [0.15, 0.2) is 5.96 Å². The van der Waals surface area contributed by atoms with Crippen LogP contribution >= 0.6 is 0 Å². The topological polar surface area (TPSA) is 53.6 Å². The van der Waals surface area contributed by atoms with Gasteiger partial charge in [0, 0.05) is 25.5 Å². The molecule has 0 amide bonds. The predicted molar refractivity (Wildman–Crippen MR) is 73.8 cm³/mol. The number of guanidine groups is 1. The van der Waals surface area contributed by atoms with E-state index in [1.54, 1.807) is 0 Å². The van der Waals surface area contributed by atoms with E-state index in [4.69, 9.17) is 5.73 Å². The first-order valence-corrected chi connectivity index (χ1v) is 5.94. The van der Waals surface area contributed by atoms with Gasteiger partial charge in [0.25, 0.3) is 0 Å². The van der Waals surface area contributed by atoms with E-state index in [2.05, 4.69) is 34.3 Å². The van der Waals surface area contributed by atoms with Gasteiger partial charge in [0.05, 0.1) is 6.04 Å². The van der Waals surface area contributed by atoms with Crippen LogP contribution in [0.15, 0.2) is 23.2 Å². The molecule has 1 aromatic carbocycles. The highest BCUT2D eigenvalue weighted by molar-refractivity contribution is 5.93. The molecular weight excluding hydrogens is 212 g/mol. The molecule has 4 nitrogen and oxygen atoms in total. The number of nitrogens with two attached hydrogens (primary N) is 1. The van der Waals surface area contributed by atoms with E-state index >= 15 is 0 Å². The zero-order valence-electron chi connectivity index (χ0n) is 10.7. The molecule has 0 spiro atoms. The van der Waals surface area contributed by atoms with Crippen LogP contribution in [-0.2, 0) is 0 Å². The minimum Gasteiger partial charge on any atom is -0.377 e. The van der Waals surface area contributed by atoms with Crippen LogP contribution in [0.4, 0.5) is 11.4 Å². The summed E-state index contributed by atoms with van der Waals surface area (Å²) in [6.45, 7) is 2.10. The Balaban J connectivity index is 2.12. The number of benzene rings is 1. The molecule has 4 heteroatoms. The second-order valence-corrected chi connectivity index (χ2v) is 4.77. The Kier molecular flexibility index (Phi) is 3.22. The van der Waals surface area contributed by atoms with Gasteiger partial charge in [0.2, 0.25) is 0 Å². The van der Waals surface area contributed by atoms with Crippen LogP contribution in [-0.4, -0.2) is 26.1 Å². The molecule has 1 aliphatic rings. The van der Waals surface area contributed by atoms with E-state index in [9.17, 15) is 0 Å². The molecule has 1 fully saturated rings. The lowest BCUT2D eigenvalue weighted by Crippen LogP contribution is -2.23. The summed E-state index contributed by atoms with van der Waals surface area (Å²) in [5, 5.41) is 3.14. The van der Waals surface area contributed by atoms with Crippen LogP contribution < -0.4 is 16.0 Å². The van der Waals surface area contributed by atoms with Crippen LogP contribution in [0.5, 0.6) is 0 Å². The van der Waals surface area contributed by atoms with E-state index in [1.807, 2.05) is 20.2 Å². The van der Waals surface area contributed by atoms with Gasteiger partial charge in [0.1, 0.15) is 0 Å². The lowest BCUT2D eigenvalue weighted by molar-refractivity contribution is 1.06. The predicted octanol–water partition coefficient (Wildman–Crippen LogP) is 1.95. The average Bonchev–Trinajstić information content (AvgIpc) is 3.04. The molecule has 0 heterocycles. The van der Waals surface area contributed by atoms with Crippen molar-refractivity contribution in [2.24, 2.45) is 10.7 Å². The van der Waals surface area contributed by atoms with Crippen molar-refractivity contribution < 1.29 is 0 Å². The van der Waals surface area contributed by atoms with Crippen molar-refractivity contribution in [3.8, 4) is 0 Å². The maximum Gasteiger partial charge on any atom is 0.193 e. The average molecular weight is 232 g/mol. The van der Waals surface area contributed by atoms with E-state index < -0.39 is 0 Å². The van der Waals surface area contributed by atoms with Gasteiger partial charge in [-0.25, -0.2) is 4.99 Å². The largest absolute Gasteiger partial charge is 0.377 e. The van der Waals surface area contributed by atoms with E-state index in [-0.39, 0.29) is 0 Å². The first-order chi connectivity index (χ1) is 8.06. The first-order valence-electron chi connectivity index (χ1n) is 5.94. The summed E-state index contributed by atoms with van der Waals surface area (Å²) in [6, 6.07) is 6.64. The van der Waals surface area contributed by atoms with Gasteiger partial charge in [-0.1, -0.05) is 6.07 Å². The normalized spacial score (nSPS) is 15.8. The monoisotopic (exact) mass is 232 g/mol. The second-order valence-electron chi connectivity index (χ2n) is 4.77. The number of nitrogens with zero attached hydrogens (tertiary/aromatic N) is 2. The Morgan fingerprint density at radius 3 is 2.71 bits per heavy atom. The molecule has 2 rings (SSSR count). The van der Waals surface area contributed by atoms with Crippen molar-refractivity contribution in [3.05, 3.63) is 23.8 Å². The van der Waals surface area contributed by atoms with Gasteiger partial charge in [-0.2, -0.15) is 0 Å². The minimum absolute atomic E-state index is 0.446. The Morgan fingerprint density at radius 2 is 2.12 bits per heavy atom. The van der Waals surface area contributed by atoms with Crippen LogP contribution in [0, 0.1) is 6.92 Å². The molecule has 0 unspecified atom stereocenters. The lowest BCUT2D eigenvalue weighted by Gasteiger charge is -2.17. The van der Waals surface area contributed by atoms with Crippen molar-refractivity contribution in [2.75, 3.05) is 24.3 Å². The van der Waals surface area contributed by atoms with E-state index in [1.165, 1.54) is 24.1 Å². The van der Waals surface area contributed by atoms with E-state index in [0.29, 0.717) is 12.0 Å². The van der Waals surface area contributed by atoms with Gasteiger partial charge < -0.3 is 16.0 Å². The zero-order chi connectivity index (χ0) is 12.4. The summed E-state index contributed by atoms with van der Waals surface area (Å²) in [5.41, 5.74) is 9.26. The van der Waals surface area contributed by atoms with Crippen molar-refractivity contribution >= 4 is 17.3 Å². The molecule has 0 bridgehead atoms. The number of nitrogens with one attached hydrogen (secondary N) is 1. The number of hydrogen-bond donors (Lipinski definition) is 2. The van der Waals surface area contributed by atoms with Gasteiger partial charge >= 0.3 is 0 Å².